The normalized spacial score (nSPS) is 74.4. The van der Waals surface area contributed by atoms with Crippen molar-refractivity contribution in [3.8, 4) is 0 Å². The van der Waals surface area contributed by atoms with Crippen molar-refractivity contribution in [1.29, 1.82) is 0 Å². The first-order valence-electron chi connectivity index (χ1n) is 4.50. The molecule has 1 heterocycles. The molecule has 4 rings (SSSR count). The zero-order chi connectivity index (χ0) is 6.34. The maximum atomic E-state index is 5.55. The fourth-order valence-corrected chi connectivity index (χ4v) is 4.13. The van der Waals surface area contributed by atoms with E-state index in [9.17, 15) is 0 Å². The number of hydrogen-bond acceptors (Lipinski definition) is 1. The largest absolute Gasteiger partial charge is 0.381 e. The van der Waals surface area contributed by atoms with E-state index in [1.165, 1.54) is 12.3 Å². The van der Waals surface area contributed by atoms with Crippen LogP contribution in [0.4, 0.5) is 0 Å². The van der Waals surface area contributed by atoms with Crippen molar-refractivity contribution in [2.75, 3.05) is 13.2 Å². The molecule has 10 heavy (non-hydrogen) atoms. The van der Waals surface area contributed by atoms with Crippen LogP contribution in [-0.4, -0.2) is 13.2 Å². The summed E-state index contributed by atoms with van der Waals surface area (Å²) in [6, 6.07) is 0. The molecule has 0 radical (unpaired) electrons. The SMILES string of the molecule is C1OCC23[C@@H]1C[C@@H]2[C@H]1C[C@H]13. The second-order valence-electron chi connectivity index (χ2n) is 4.67. The third-order valence-electron chi connectivity index (χ3n) is 4.71. The van der Waals surface area contributed by atoms with Crippen LogP contribution in [0.3, 0.4) is 0 Å². The molecule has 0 aromatic rings. The minimum absolute atomic E-state index is 0.782. The first-order valence-corrected chi connectivity index (χ1v) is 4.50. The highest BCUT2D eigenvalue weighted by molar-refractivity contribution is 5.27. The molecule has 1 spiro atoms. The summed E-state index contributed by atoms with van der Waals surface area (Å²) in [4.78, 5) is 0. The molecule has 5 atom stereocenters. The minimum Gasteiger partial charge on any atom is -0.381 e. The first kappa shape index (κ1) is 4.76. The topological polar surface area (TPSA) is 9.23 Å². The Morgan fingerprint density at radius 3 is 2.90 bits per heavy atom. The Hall–Kier alpha value is -0.0400. The molecule has 1 saturated heterocycles. The molecule has 0 aromatic carbocycles. The van der Waals surface area contributed by atoms with E-state index in [1.54, 1.807) is 6.42 Å². The summed E-state index contributed by atoms with van der Waals surface area (Å²) in [6.07, 6.45) is 3.08. The molecule has 4 fully saturated rings. The van der Waals surface area contributed by atoms with Gasteiger partial charge in [-0.05, 0) is 36.5 Å². The molecule has 0 N–H and O–H groups in total. The van der Waals surface area contributed by atoms with Crippen LogP contribution in [0.1, 0.15) is 12.8 Å². The van der Waals surface area contributed by atoms with Crippen molar-refractivity contribution in [1.82, 2.24) is 0 Å². The minimum atomic E-state index is 0.782. The van der Waals surface area contributed by atoms with Crippen molar-refractivity contribution in [2.24, 2.45) is 29.1 Å². The van der Waals surface area contributed by atoms with Crippen molar-refractivity contribution in [2.45, 2.75) is 12.8 Å². The highest BCUT2D eigenvalue weighted by Crippen LogP contribution is 2.82. The van der Waals surface area contributed by atoms with Crippen molar-refractivity contribution >= 4 is 0 Å². The Morgan fingerprint density at radius 1 is 1.20 bits per heavy atom. The lowest BCUT2D eigenvalue weighted by Crippen LogP contribution is -2.58. The molecule has 1 unspecified atom stereocenters. The lowest BCUT2D eigenvalue weighted by atomic mass is 9.43. The molecule has 54 valence electrons. The van der Waals surface area contributed by atoms with Crippen LogP contribution >= 0.6 is 0 Å². The van der Waals surface area contributed by atoms with Gasteiger partial charge in [-0.2, -0.15) is 0 Å². The Balaban J connectivity index is 1.83. The molecule has 0 aromatic heterocycles. The van der Waals surface area contributed by atoms with Gasteiger partial charge in [0.2, 0.25) is 0 Å². The predicted octanol–water partition coefficient (Wildman–Crippen LogP) is 1.29. The number of ether oxygens (including phenoxy) is 1. The van der Waals surface area contributed by atoms with Crippen LogP contribution in [0.25, 0.3) is 0 Å². The Kier molecular flexibility index (Phi) is 0.513. The molecular formula is C9H12O. The van der Waals surface area contributed by atoms with Gasteiger partial charge < -0.3 is 4.74 Å². The summed E-state index contributed by atoms with van der Waals surface area (Å²) in [7, 11) is 0. The summed E-state index contributed by atoms with van der Waals surface area (Å²) in [5.74, 6) is 4.45. The third-order valence-corrected chi connectivity index (χ3v) is 4.71. The maximum Gasteiger partial charge on any atom is 0.0531 e. The smallest absolute Gasteiger partial charge is 0.0531 e. The van der Waals surface area contributed by atoms with Gasteiger partial charge in [0.1, 0.15) is 0 Å². The number of fused-ring (bicyclic) bond motifs is 2. The third kappa shape index (κ3) is 0.254. The van der Waals surface area contributed by atoms with Gasteiger partial charge >= 0.3 is 0 Å². The summed E-state index contributed by atoms with van der Waals surface area (Å²) >= 11 is 0. The fraction of sp³-hybridized carbons (Fsp3) is 1.00. The lowest BCUT2D eigenvalue weighted by molar-refractivity contribution is -0.122. The van der Waals surface area contributed by atoms with Crippen molar-refractivity contribution < 1.29 is 4.74 Å². The highest BCUT2D eigenvalue weighted by Gasteiger charge is 2.79. The van der Waals surface area contributed by atoms with Crippen LogP contribution in [0, 0.1) is 29.1 Å². The molecule has 1 nitrogen and oxygen atoms in total. The van der Waals surface area contributed by atoms with Crippen molar-refractivity contribution in [3.63, 3.8) is 0 Å². The molecule has 3 saturated carbocycles. The van der Waals surface area contributed by atoms with E-state index < -0.39 is 0 Å². The van der Waals surface area contributed by atoms with E-state index in [2.05, 4.69) is 0 Å². The lowest BCUT2D eigenvalue weighted by Gasteiger charge is -2.59. The molecule has 3 aliphatic carbocycles. The first-order chi connectivity index (χ1) is 4.93. The monoisotopic (exact) mass is 136 g/mol. The van der Waals surface area contributed by atoms with Gasteiger partial charge in [-0.3, -0.25) is 0 Å². The standard InChI is InChI=1S/C9H12O/c1-5-3-10-4-9(5)7(1)6-2-8(6)9/h5-8H,1-4H2/t5-,6-,7-,8-,9?/m1/s1. The van der Waals surface area contributed by atoms with Gasteiger partial charge in [-0.15, -0.1) is 0 Å². The van der Waals surface area contributed by atoms with Crippen molar-refractivity contribution in [3.05, 3.63) is 0 Å². The molecule has 1 aliphatic heterocycles. The Morgan fingerprint density at radius 2 is 2.10 bits per heavy atom. The van der Waals surface area contributed by atoms with Gasteiger partial charge in [-0.25, -0.2) is 0 Å². The van der Waals surface area contributed by atoms with E-state index in [4.69, 9.17) is 4.74 Å². The number of rotatable bonds is 0. The maximum absolute atomic E-state index is 5.55. The summed E-state index contributed by atoms with van der Waals surface area (Å²) in [5.41, 5.74) is 0.782. The van der Waals surface area contributed by atoms with Crippen LogP contribution in [0.15, 0.2) is 0 Å². The van der Waals surface area contributed by atoms with E-state index in [-0.39, 0.29) is 0 Å². The molecule has 0 bridgehead atoms. The van der Waals surface area contributed by atoms with E-state index >= 15 is 0 Å². The fourth-order valence-electron chi connectivity index (χ4n) is 4.13. The molecule has 4 aliphatic rings. The molecule has 0 amide bonds. The van der Waals surface area contributed by atoms with E-state index in [0.717, 1.165) is 36.4 Å². The molecular weight excluding hydrogens is 124 g/mol. The van der Waals surface area contributed by atoms with Crippen LogP contribution < -0.4 is 0 Å². The van der Waals surface area contributed by atoms with Crippen LogP contribution in [0.5, 0.6) is 0 Å². The molecule has 1 heteroatoms. The summed E-state index contributed by atoms with van der Waals surface area (Å²) in [6.45, 7) is 2.23. The van der Waals surface area contributed by atoms with Gasteiger partial charge in [0.25, 0.3) is 0 Å². The van der Waals surface area contributed by atoms with Gasteiger partial charge in [0, 0.05) is 5.41 Å². The van der Waals surface area contributed by atoms with E-state index in [1.807, 2.05) is 0 Å². The van der Waals surface area contributed by atoms with Gasteiger partial charge in [0.15, 0.2) is 0 Å². The van der Waals surface area contributed by atoms with Gasteiger partial charge in [-0.1, -0.05) is 0 Å². The predicted molar refractivity (Wildman–Crippen MR) is 36.4 cm³/mol. The zero-order valence-electron chi connectivity index (χ0n) is 6.05. The van der Waals surface area contributed by atoms with Crippen LogP contribution in [0.2, 0.25) is 0 Å². The second kappa shape index (κ2) is 1.08. The van der Waals surface area contributed by atoms with Gasteiger partial charge in [0.05, 0.1) is 13.2 Å². The summed E-state index contributed by atoms with van der Waals surface area (Å²) in [5, 5.41) is 0. The second-order valence-corrected chi connectivity index (χ2v) is 4.67. The Labute approximate surface area is 60.7 Å². The quantitative estimate of drug-likeness (QED) is 0.487. The van der Waals surface area contributed by atoms with E-state index in [0.29, 0.717) is 0 Å². The van der Waals surface area contributed by atoms with Crippen LogP contribution in [-0.2, 0) is 4.74 Å². The summed E-state index contributed by atoms with van der Waals surface area (Å²) < 4.78 is 5.55. The average molecular weight is 136 g/mol. The average Bonchev–Trinajstić information content (AvgIpc) is 2.54. The Bertz CT molecular complexity index is 207. The number of hydrogen-bond donors (Lipinski definition) is 0. The highest BCUT2D eigenvalue weighted by atomic mass is 16.5. The zero-order valence-corrected chi connectivity index (χ0v) is 6.05.